The van der Waals surface area contributed by atoms with Crippen LogP contribution in [-0.4, -0.2) is 39.9 Å². The van der Waals surface area contributed by atoms with Crippen LogP contribution in [0.3, 0.4) is 0 Å². The molecule has 62 valence electrons. The van der Waals surface area contributed by atoms with E-state index in [0.29, 0.717) is 13.0 Å². The molecule has 11 heavy (non-hydrogen) atoms. The number of aliphatic hydroxyl groups excluding tert-OH is 1. The van der Waals surface area contributed by atoms with Crippen molar-refractivity contribution in [3.63, 3.8) is 0 Å². The number of rotatable bonds is 0. The minimum Gasteiger partial charge on any atom is -0.465 e. The van der Waals surface area contributed by atoms with E-state index in [9.17, 15) is 9.90 Å². The van der Waals surface area contributed by atoms with Gasteiger partial charge in [-0.15, -0.1) is 0 Å². The van der Waals surface area contributed by atoms with Crippen molar-refractivity contribution in [2.75, 3.05) is 6.54 Å². The number of likely N-dealkylation sites (tertiary alicyclic amines) is 1. The molecule has 2 fully saturated rings. The van der Waals surface area contributed by atoms with E-state index in [1.807, 2.05) is 0 Å². The largest absolute Gasteiger partial charge is 0.465 e. The quantitative estimate of drug-likeness (QED) is 0.525. The molecule has 2 N–H and O–H groups in total. The van der Waals surface area contributed by atoms with Crippen molar-refractivity contribution in [3.05, 3.63) is 0 Å². The zero-order valence-corrected chi connectivity index (χ0v) is 6.10. The molecule has 0 unspecified atom stereocenters. The first kappa shape index (κ1) is 6.91. The predicted octanol–water partition coefficient (Wildman–Crippen LogP) is 0.120. The monoisotopic (exact) mass is 157 g/mol. The maximum atomic E-state index is 10.5. The molecule has 1 saturated carbocycles. The van der Waals surface area contributed by atoms with E-state index in [1.54, 1.807) is 0 Å². The molecule has 1 amide bonds. The fraction of sp³-hybridized carbons (Fsp3) is 0.857. The zero-order valence-electron chi connectivity index (χ0n) is 6.10. The van der Waals surface area contributed by atoms with E-state index in [4.69, 9.17) is 5.11 Å². The molecule has 4 nitrogen and oxygen atoms in total. The van der Waals surface area contributed by atoms with Crippen LogP contribution in [0.25, 0.3) is 0 Å². The summed E-state index contributed by atoms with van der Waals surface area (Å²) >= 11 is 0. The topological polar surface area (TPSA) is 60.8 Å². The van der Waals surface area contributed by atoms with E-state index in [-0.39, 0.29) is 18.1 Å². The molecule has 2 bridgehead atoms. The summed E-state index contributed by atoms with van der Waals surface area (Å²) in [5, 5.41) is 18.0. The first-order chi connectivity index (χ1) is 5.18. The van der Waals surface area contributed by atoms with E-state index in [1.165, 1.54) is 4.90 Å². The van der Waals surface area contributed by atoms with Crippen molar-refractivity contribution in [3.8, 4) is 0 Å². The van der Waals surface area contributed by atoms with Crippen LogP contribution < -0.4 is 0 Å². The van der Waals surface area contributed by atoms with Gasteiger partial charge in [0.1, 0.15) is 0 Å². The third kappa shape index (κ3) is 0.894. The van der Waals surface area contributed by atoms with Gasteiger partial charge < -0.3 is 15.1 Å². The lowest BCUT2D eigenvalue weighted by atomic mass is 10.1. The number of amides is 1. The Morgan fingerprint density at radius 1 is 1.45 bits per heavy atom. The lowest BCUT2D eigenvalue weighted by Crippen LogP contribution is -2.40. The van der Waals surface area contributed by atoms with Gasteiger partial charge in [0.25, 0.3) is 0 Å². The van der Waals surface area contributed by atoms with Gasteiger partial charge in [-0.3, -0.25) is 0 Å². The molecule has 0 aromatic heterocycles. The van der Waals surface area contributed by atoms with Gasteiger partial charge in [0.05, 0.1) is 6.10 Å². The van der Waals surface area contributed by atoms with Crippen LogP contribution in [0.4, 0.5) is 4.79 Å². The highest BCUT2D eigenvalue weighted by atomic mass is 16.4. The van der Waals surface area contributed by atoms with Gasteiger partial charge in [-0.25, -0.2) is 4.79 Å². The molecular formula is C7H11NO3. The second-order valence-electron chi connectivity index (χ2n) is 3.39. The van der Waals surface area contributed by atoms with E-state index in [0.717, 1.165) is 6.42 Å². The van der Waals surface area contributed by atoms with Crippen molar-refractivity contribution in [1.82, 2.24) is 4.90 Å². The Bertz CT molecular complexity index is 192. The maximum absolute atomic E-state index is 10.5. The molecule has 1 saturated heterocycles. The first-order valence-electron chi connectivity index (χ1n) is 3.86. The van der Waals surface area contributed by atoms with Crippen LogP contribution in [0.1, 0.15) is 12.8 Å². The Labute approximate surface area is 64.4 Å². The van der Waals surface area contributed by atoms with Crippen LogP contribution in [0.5, 0.6) is 0 Å². The van der Waals surface area contributed by atoms with Gasteiger partial charge in [0.15, 0.2) is 0 Å². The third-order valence-electron chi connectivity index (χ3n) is 2.75. The fourth-order valence-electron chi connectivity index (χ4n) is 2.16. The minimum atomic E-state index is -0.843. The molecule has 2 rings (SSSR count). The van der Waals surface area contributed by atoms with Gasteiger partial charge in [0.2, 0.25) is 0 Å². The smallest absolute Gasteiger partial charge is 0.407 e. The summed E-state index contributed by atoms with van der Waals surface area (Å²) in [5.74, 6) is 0.205. The van der Waals surface area contributed by atoms with Gasteiger partial charge >= 0.3 is 6.09 Å². The number of aliphatic hydroxyl groups is 1. The molecule has 0 aromatic rings. The summed E-state index contributed by atoms with van der Waals surface area (Å²) < 4.78 is 0. The van der Waals surface area contributed by atoms with Crippen LogP contribution in [0.2, 0.25) is 0 Å². The Kier molecular flexibility index (Phi) is 1.32. The van der Waals surface area contributed by atoms with Crippen LogP contribution >= 0.6 is 0 Å². The van der Waals surface area contributed by atoms with Gasteiger partial charge in [-0.2, -0.15) is 0 Å². The summed E-state index contributed by atoms with van der Waals surface area (Å²) in [6, 6.07) is 0.0903. The van der Waals surface area contributed by atoms with Crippen molar-refractivity contribution >= 4 is 6.09 Å². The minimum absolute atomic E-state index is 0.0903. The van der Waals surface area contributed by atoms with Gasteiger partial charge in [0, 0.05) is 18.5 Å². The maximum Gasteiger partial charge on any atom is 0.407 e. The number of piperidine rings is 1. The van der Waals surface area contributed by atoms with Gasteiger partial charge in [-0.1, -0.05) is 0 Å². The molecular weight excluding hydrogens is 146 g/mol. The number of nitrogens with zero attached hydrogens (tertiary/aromatic N) is 1. The summed E-state index contributed by atoms with van der Waals surface area (Å²) in [4.78, 5) is 12.0. The molecule has 4 heteroatoms. The Hall–Kier alpha value is -0.770. The number of carbonyl (C=O) groups is 1. The summed E-state index contributed by atoms with van der Waals surface area (Å²) in [6.45, 7) is 0.529. The first-order valence-corrected chi connectivity index (χ1v) is 3.86. The summed E-state index contributed by atoms with van der Waals surface area (Å²) in [7, 11) is 0. The molecule has 1 aliphatic carbocycles. The van der Waals surface area contributed by atoms with Crippen LogP contribution in [-0.2, 0) is 0 Å². The van der Waals surface area contributed by atoms with Crippen molar-refractivity contribution < 1.29 is 15.0 Å². The lowest BCUT2D eigenvalue weighted by Gasteiger charge is -2.26. The zero-order chi connectivity index (χ0) is 8.01. The number of carboxylic acid groups (broad SMARTS) is 1. The van der Waals surface area contributed by atoms with Crippen molar-refractivity contribution in [1.29, 1.82) is 0 Å². The number of hydrogen-bond acceptors (Lipinski definition) is 2. The normalized spacial score (nSPS) is 41.5. The average molecular weight is 157 g/mol. The molecule has 1 aliphatic heterocycles. The third-order valence-corrected chi connectivity index (χ3v) is 2.75. The molecule has 1 heterocycles. The summed E-state index contributed by atoms with van der Waals surface area (Å²) in [5.41, 5.74) is 0. The highest BCUT2D eigenvalue weighted by Crippen LogP contribution is 2.37. The molecule has 2 aliphatic rings. The highest BCUT2D eigenvalue weighted by Gasteiger charge is 2.45. The van der Waals surface area contributed by atoms with Crippen molar-refractivity contribution in [2.45, 2.75) is 25.0 Å². The van der Waals surface area contributed by atoms with E-state index < -0.39 is 6.09 Å². The SMILES string of the molecule is O=C(O)N1C[C@@H]2C[C@H]1C[C@@H]2O. The van der Waals surface area contributed by atoms with Crippen LogP contribution in [0, 0.1) is 5.92 Å². The Morgan fingerprint density at radius 3 is 2.55 bits per heavy atom. The Balaban J connectivity index is 2.08. The highest BCUT2D eigenvalue weighted by molar-refractivity contribution is 5.66. The number of fused-ring (bicyclic) bond motifs is 2. The second-order valence-corrected chi connectivity index (χ2v) is 3.39. The van der Waals surface area contributed by atoms with Crippen LogP contribution in [0.15, 0.2) is 0 Å². The molecule has 3 atom stereocenters. The predicted molar refractivity (Wildman–Crippen MR) is 37.2 cm³/mol. The fourth-order valence-corrected chi connectivity index (χ4v) is 2.16. The molecule has 0 spiro atoms. The standard InChI is InChI=1S/C7H11NO3/c9-6-2-5-1-4(6)3-8(5)7(10)11/h4-6,9H,1-3H2,(H,10,11)/t4-,5-,6-/m0/s1. The second kappa shape index (κ2) is 2.11. The lowest BCUT2D eigenvalue weighted by molar-refractivity contribution is 0.0705. The molecule has 0 radical (unpaired) electrons. The number of hydrogen-bond donors (Lipinski definition) is 2. The van der Waals surface area contributed by atoms with Gasteiger partial charge in [-0.05, 0) is 12.8 Å². The van der Waals surface area contributed by atoms with E-state index in [2.05, 4.69) is 0 Å². The molecule has 0 aromatic carbocycles. The average Bonchev–Trinajstić information content (AvgIpc) is 2.43. The Morgan fingerprint density at radius 2 is 2.18 bits per heavy atom. The van der Waals surface area contributed by atoms with Crippen molar-refractivity contribution in [2.24, 2.45) is 5.92 Å². The van der Waals surface area contributed by atoms with E-state index >= 15 is 0 Å². The summed E-state index contributed by atoms with van der Waals surface area (Å²) in [6.07, 6.45) is 0.393.